The van der Waals surface area contributed by atoms with E-state index in [4.69, 9.17) is 11.6 Å². The van der Waals surface area contributed by atoms with Crippen LogP contribution in [0.5, 0.6) is 0 Å². The van der Waals surface area contributed by atoms with Crippen molar-refractivity contribution in [2.45, 2.75) is 20.4 Å². The molecular weight excluding hydrogens is 374 g/mol. The lowest BCUT2D eigenvalue weighted by Gasteiger charge is -2.15. The molecule has 136 valence electrons. The van der Waals surface area contributed by atoms with Crippen molar-refractivity contribution in [2.24, 2.45) is 0 Å². The van der Waals surface area contributed by atoms with Crippen LogP contribution in [-0.4, -0.2) is 33.5 Å². The van der Waals surface area contributed by atoms with Gasteiger partial charge in [-0.15, -0.1) is 0 Å². The first-order chi connectivity index (χ1) is 12.5. The maximum atomic E-state index is 12.7. The fourth-order valence-electron chi connectivity index (χ4n) is 2.48. The summed E-state index contributed by atoms with van der Waals surface area (Å²) in [7, 11) is 0. The summed E-state index contributed by atoms with van der Waals surface area (Å²) >= 11 is 7.33. The van der Waals surface area contributed by atoms with Gasteiger partial charge in [0, 0.05) is 13.1 Å². The SMILES string of the molecule is CCN(CC)c1nc2ncn(CC(=O)Nc3ccccc3Cl)c(=O)c2s1. The van der Waals surface area contributed by atoms with Crippen molar-refractivity contribution in [3.63, 3.8) is 0 Å². The third-order valence-electron chi connectivity index (χ3n) is 3.87. The predicted octanol–water partition coefficient (Wildman–Crippen LogP) is 2.99. The van der Waals surface area contributed by atoms with Gasteiger partial charge >= 0.3 is 0 Å². The monoisotopic (exact) mass is 391 g/mol. The fraction of sp³-hybridized carbons (Fsp3) is 0.294. The van der Waals surface area contributed by atoms with E-state index in [0.29, 0.717) is 21.1 Å². The number of rotatable bonds is 6. The highest BCUT2D eigenvalue weighted by Gasteiger charge is 2.15. The van der Waals surface area contributed by atoms with E-state index in [0.717, 1.165) is 18.2 Å². The van der Waals surface area contributed by atoms with Crippen LogP contribution in [0.3, 0.4) is 0 Å². The lowest BCUT2D eigenvalue weighted by molar-refractivity contribution is -0.116. The van der Waals surface area contributed by atoms with Crippen LogP contribution in [0, 0.1) is 0 Å². The lowest BCUT2D eigenvalue weighted by Crippen LogP contribution is -2.27. The number of carbonyl (C=O) groups is 1. The van der Waals surface area contributed by atoms with Crippen molar-refractivity contribution in [2.75, 3.05) is 23.3 Å². The summed E-state index contributed by atoms with van der Waals surface area (Å²) in [5.41, 5.74) is 0.632. The number of carbonyl (C=O) groups excluding carboxylic acids is 1. The molecule has 2 heterocycles. The molecule has 0 bridgehead atoms. The number of para-hydroxylation sites is 1. The number of halogens is 1. The van der Waals surface area contributed by atoms with Gasteiger partial charge in [-0.25, -0.2) is 4.98 Å². The summed E-state index contributed by atoms with van der Waals surface area (Å²) in [5.74, 6) is -0.352. The number of benzene rings is 1. The second-order valence-electron chi connectivity index (χ2n) is 5.53. The van der Waals surface area contributed by atoms with Gasteiger partial charge in [0.15, 0.2) is 10.8 Å². The first-order valence-corrected chi connectivity index (χ1v) is 9.38. The van der Waals surface area contributed by atoms with Crippen LogP contribution >= 0.6 is 22.9 Å². The topological polar surface area (TPSA) is 80.1 Å². The van der Waals surface area contributed by atoms with Gasteiger partial charge in [-0.3, -0.25) is 14.2 Å². The van der Waals surface area contributed by atoms with Crippen LogP contribution < -0.4 is 15.8 Å². The molecule has 0 saturated carbocycles. The average molecular weight is 392 g/mol. The van der Waals surface area contributed by atoms with Gasteiger partial charge in [0.1, 0.15) is 17.6 Å². The summed E-state index contributed by atoms with van der Waals surface area (Å²) < 4.78 is 1.72. The molecule has 9 heteroatoms. The van der Waals surface area contributed by atoms with Crippen LogP contribution in [0.1, 0.15) is 13.8 Å². The van der Waals surface area contributed by atoms with E-state index in [1.54, 1.807) is 24.3 Å². The normalized spacial score (nSPS) is 10.9. The van der Waals surface area contributed by atoms with Gasteiger partial charge in [0.25, 0.3) is 5.56 Å². The zero-order valence-electron chi connectivity index (χ0n) is 14.4. The molecule has 0 aliphatic rings. The molecule has 0 aliphatic carbocycles. The van der Waals surface area contributed by atoms with Crippen molar-refractivity contribution in [1.29, 1.82) is 0 Å². The molecule has 0 aliphatic heterocycles. The zero-order chi connectivity index (χ0) is 18.7. The third-order valence-corrected chi connectivity index (χ3v) is 5.29. The number of amides is 1. The summed E-state index contributed by atoms with van der Waals surface area (Å²) in [6.45, 7) is 5.50. The minimum atomic E-state index is -0.352. The van der Waals surface area contributed by atoms with Gasteiger partial charge in [-0.2, -0.15) is 4.98 Å². The number of hydrogen-bond donors (Lipinski definition) is 1. The molecule has 7 nitrogen and oxygen atoms in total. The Morgan fingerprint density at radius 2 is 2.04 bits per heavy atom. The zero-order valence-corrected chi connectivity index (χ0v) is 16.0. The fourth-order valence-corrected chi connectivity index (χ4v) is 3.76. The Morgan fingerprint density at radius 3 is 2.73 bits per heavy atom. The van der Waals surface area contributed by atoms with Crippen molar-refractivity contribution >= 4 is 50.0 Å². The summed E-state index contributed by atoms with van der Waals surface area (Å²) in [4.78, 5) is 35.6. The second kappa shape index (κ2) is 7.84. The minimum absolute atomic E-state index is 0.147. The highest BCUT2D eigenvalue weighted by atomic mass is 35.5. The Balaban J connectivity index is 1.84. The van der Waals surface area contributed by atoms with E-state index >= 15 is 0 Å². The third kappa shape index (κ3) is 3.71. The maximum absolute atomic E-state index is 12.7. The van der Waals surface area contributed by atoms with E-state index in [2.05, 4.69) is 20.2 Å². The van der Waals surface area contributed by atoms with E-state index < -0.39 is 0 Å². The number of hydrogen-bond acceptors (Lipinski definition) is 6. The van der Waals surface area contributed by atoms with Crippen molar-refractivity contribution in [3.05, 3.63) is 46.0 Å². The first-order valence-electron chi connectivity index (χ1n) is 8.18. The Labute approximate surface area is 159 Å². The Kier molecular flexibility index (Phi) is 5.53. The Morgan fingerprint density at radius 1 is 1.31 bits per heavy atom. The van der Waals surface area contributed by atoms with Crippen molar-refractivity contribution in [1.82, 2.24) is 14.5 Å². The number of aromatic nitrogens is 3. The number of fused-ring (bicyclic) bond motifs is 1. The van der Waals surface area contributed by atoms with Crippen LogP contribution in [0.2, 0.25) is 5.02 Å². The molecule has 0 radical (unpaired) electrons. The Hall–Kier alpha value is -2.45. The summed E-state index contributed by atoms with van der Waals surface area (Å²) in [6.07, 6.45) is 1.35. The highest BCUT2D eigenvalue weighted by molar-refractivity contribution is 7.22. The standard InChI is InChI=1S/C17H18ClN5O2S/c1-3-22(4-2)17-21-15-14(26-17)16(25)23(10-19-15)9-13(24)20-12-8-6-5-7-11(12)18/h5-8,10H,3-4,9H2,1-2H3,(H,20,24). The summed E-state index contributed by atoms with van der Waals surface area (Å²) in [6, 6.07) is 6.93. The molecule has 1 aromatic carbocycles. The molecular formula is C17H18ClN5O2S. The molecule has 0 fully saturated rings. The van der Waals surface area contributed by atoms with Crippen molar-refractivity contribution in [3.8, 4) is 0 Å². The van der Waals surface area contributed by atoms with Gasteiger partial charge < -0.3 is 10.2 Å². The van der Waals surface area contributed by atoms with Gasteiger partial charge in [0.2, 0.25) is 5.91 Å². The quantitative estimate of drug-likeness (QED) is 0.698. The van der Waals surface area contributed by atoms with E-state index in [9.17, 15) is 9.59 Å². The minimum Gasteiger partial charge on any atom is -0.349 e. The van der Waals surface area contributed by atoms with Crippen molar-refractivity contribution < 1.29 is 4.79 Å². The smallest absolute Gasteiger partial charge is 0.273 e. The lowest BCUT2D eigenvalue weighted by atomic mass is 10.3. The van der Waals surface area contributed by atoms with E-state index in [-0.39, 0.29) is 18.0 Å². The van der Waals surface area contributed by atoms with E-state index in [1.165, 1.54) is 22.2 Å². The van der Waals surface area contributed by atoms with Crippen LogP contribution in [0.25, 0.3) is 10.3 Å². The molecule has 0 spiro atoms. The van der Waals surface area contributed by atoms with Crippen LogP contribution in [0.4, 0.5) is 10.8 Å². The number of anilines is 2. The number of nitrogens with one attached hydrogen (secondary N) is 1. The van der Waals surface area contributed by atoms with Gasteiger partial charge in [0.05, 0.1) is 10.7 Å². The summed E-state index contributed by atoms with van der Waals surface area (Å²) in [5, 5.41) is 3.89. The van der Waals surface area contributed by atoms with Crippen LogP contribution in [0.15, 0.2) is 35.4 Å². The van der Waals surface area contributed by atoms with E-state index in [1.807, 2.05) is 13.8 Å². The molecule has 26 heavy (non-hydrogen) atoms. The average Bonchev–Trinajstić information content (AvgIpc) is 3.05. The number of nitrogens with zero attached hydrogens (tertiary/aromatic N) is 4. The predicted molar refractivity (Wildman–Crippen MR) is 105 cm³/mol. The Bertz CT molecular complexity index is 996. The number of thiazole rings is 1. The van der Waals surface area contributed by atoms with Gasteiger partial charge in [-0.05, 0) is 26.0 Å². The molecule has 1 amide bonds. The first kappa shape index (κ1) is 18.3. The molecule has 1 N–H and O–H groups in total. The molecule has 0 atom stereocenters. The highest BCUT2D eigenvalue weighted by Crippen LogP contribution is 2.25. The van der Waals surface area contributed by atoms with Crippen LogP contribution in [-0.2, 0) is 11.3 Å². The molecule has 2 aromatic heterocycles. The molecule has 3 aromatic rings. The van der Waals surface area contributed by atoms with Gasteiger partial charge in [-0.1, -0.05) is 35.1 Å². The molecule has 3 rings (SSSR count). The second-order valence-corrected chi connectivity index (χ2v) is 6.91. The largest absolute Gasteiger partial charge is 0.349 e. The molecule has 0 saturated heterocycles. The molecule has 0 unspecified atom stereocenters. The maximum Gasteiger partial charge on any atom is 0.273 e.